The molecule has 2 aromatic rings. The Morgan fingerprint density at radius 1 is 1.35 bits per heavy atom. The standard InChI is InChI=1S/C14H14O3/c1-7-8(2)12(14(15)16)13-10(5-6-17-13)11(7)9-3-4-9/h5-6,9H,3-4H2,1-2H3,(H,15,16). The van der Waals surface area contributed by atoms with Crippen molar-refractivity contribution in [1.29, 1.82) is 0 Å². The summed E-state index contributed by atoms with van der Waals surface area (Å²) in [5.74, 6) is -0.315. The van der Waals surface area contributed by atoms with Crippen LogP contribution in [0.2, 0.25) is 0 Å². The second-order valence-electron chi connectivity index (χ2n) is 4.78. The number of rotatable bonds is 2. The molecular formula is C14H14O3. The fourth-order valence-electron chi connectivity index (χ4n) is 2.63. The first-order valence-electron chi connectivity index (χ1n) is 5.84. The number of fused-ring (bicyclic) bond motifs is 1. The summed E-state index contributed by atoms with van der Waals surface area (Å²) >= 11 is 0. The van der Waals surface area contributed by atoms with E-state index in [0.717, 1.165) is 16.5 Å². The molecule has 3 nitrogen and oxygen atoms in total. The van der Waals surface area contributed by atoms with Crippen LogP contribution >= 0.6 is 0 Å². The summed E-state index contributed by atoms with van der Waals surface area (Å²) in [4.78, 5) is 11.3. The van der Waals surface area contributed by atoms with Crippen molar-refractivity contribution >= 4 is 16.9 Å². The summed E-state index contributed by atoms with van der Waals surface area (Å²) in [5, 5.41) is 10.3. The lowest BCUT2D eigenvalue weighted by Crippen LogP contribution is -2.04. The molecule has 1 aliphatic carbocycles. The number of carboxylic acid groups (broad SMARTS) is 1. The van der Waals surface area contributed by atoms with Crippen molar-refractivity contribution in [2.45, 2.75) is 32.6 Å². The Labute approximate surface area is 99.0 Å². The Balaban J connectivity index is 2.44. The van der Waals surface area contributed by atoms with E-state index in [-0.39, 0.29) is 0 Å². The lowest BCUT2D eigenvalue weighted by atomic mass is 9.92. The third-order valence-electron chi connectivity index (χ3n) is 3.72. The fraction of sp³-hybridized carbons (Fsp3) is 0.357. The zero-order valence-electron chi connectivity index (χ0n) is 9.91. The molecule has 0 radical (unpaired) electrons. The van der Waals surface area contributed by atoms with Gasteiger partial charge in [0.05, 0.1) is 6.26 Å². The number of carbonyl (C=O) groups is 1. The van der Waals surface area contributed by atoms with Crippen molar-refractivity contribution in [1.82, 2.24) is 0 Å². The van der Waals surface area contributed by atoms with Gasteiger partial charge in [0.1, 0.15) is 11.1 Å². The smallest absolute Gasteiger partial charge is 0.339 e. The van der Waals surface area contributed by atoms with Gasteiger partial charge < -0.3 is 9.52 Å². The molecule has 88 valence electrons. The van der Waals surface area contributed by atoms with Crippen LogP contribution in [0.15, 0.2) is 16.7 Å². The minimum atomic E-state index is -0.909. The second-order valence-corrected chi connectivity index (χ2v) is 4.78. The maximum Gasteiger partial charge on any atom is 0.339 e. The number of carboxylic acids is 1. The summed E-state index contributed by atoms with van der Waals surface area (Å²) in [6, 6.07) is 1.89. The molecule has 1 saturated carbocycles. The summed E-state index contributed by atoms with van der Waals surface area (Å²) < 4.78 is 5.38. The van der Waals surface area contributed by atoms with E-state index < -0.39 is 5.97 Å². The average Bonchev–Trinajstić information content (AvgIpc) is 2.98. The van der Waals surface area contributed by atoms with Crippen molar-refractivity contribution in [3.8, 4) is 0 Å². The molecule has 0 unspecified atom stereocenters. The van der Waals surface area contributed by atoms with Crippen LogP contribution in [0.3, 0.4) is 0 Å². The Morgan fingerprint density at radius 3 is 2.65 bits per heavy atom. The van der Waals surface area contributed by atoms with Crippen molar-refractivity contribution < 1.29 is 14.3 Å². The van der Waals surface area contributed by atoms with E-state index in [4.69, 9.17) is 4.42 Å². The summed E-state index contributed by atoms with van der Waals surface area (Å²) in [6.07, 6.45) is 3.99. The van der Waals surface area contributed by atoms with E-state index in [1.165, 1.54) is 18.4 Å². The Bertz CT molecular complexity index is 618. The molecule has 1 aromatic carbocycles. The van der Waals surface area contributed by atoms with Crippen LogP contribution in [0.4, 0.5) is 0 Å². The van der Waals surface area contributed by atoms with Crippen molar-refractivity contribution in [3.63, 3.8) is 0 Å². The van der Waals surface area contributed by atoms with Crippen LogP contribution < -0.4 is 0 Å². The van der Waals surface area contributed by atoms with Gasteiger partial charge in [0, 0.05) is 5.39 Å². The molecule has 1 fully saturated rings. The van der Waals surface area contributed by atoms with Gasteiger partial charge in [-0.25, -0.2) is 4.79 Å². The Morgan fingerprint density at radius 2 is 2.06 bits per heavy atom. The molecule has 0 atom stereocenters. The van der Waals surface area contributed by atoms with E-state index in [1.807, 2.05) is 19.9 Å². The zero-order valence-corrected chi connectivity index (χ0v) is 9.91. The summed E-state index contributed by atoms with van der Waals surface area (Å²) in [5.41, 5.74) is 4.08. The maximum atomic E-state index is 11.3. The third kappa shape index (κ3) is 1.38. The Kier molecular flexibility index (Phi) is 2.05. The highest BCUT2D eigenvalue weighted by molar-refractivity contribution is 6.04. The van der Waals surface area contributed by atoms with Crippen molar-refractivity contribution in [2.75, 3.05) is 0 Å². The lowest BCUT2D eigenvalue weighted by molar-refractivity contribution is 0.0697. The molecule has 3 heteroatoms. The van der Waals surface area contributed by atoms with Gasteiger partial charge in [-0.05, 0) is 55.4 Å². The van der Waals surface area contributed by atoms with E-state index in [9.17, 15) is 9.90 Å². The maximum absolute atomic E-state index is 11.3. The van der Waals surface area contributed by atoms with Crippen LogP contribution in [0.1, 0.15) is 45.8 Å². The number of benzene rings is 1. The molecule has 0 saturated heterocycles. The van der Waals surface area contributed by atoms with Crippen molar-refractivity contribution in [2.24, 2.45) is 0 Å². The van der Waals surface area contributed by atoms with Gasteiger partial charge in [0.25, 0.3) is 0 Å². The van der Waals surface area contributed by atoms with Gasteiger partial charge in [0.15, 0.2) is 0 Å². The lowest BCUT2D eigenvalue weighted by Gasteiger charge is -2.12. The highest BCUT2D eigenvalue weighted by Gasteiger charge is 2.30. The van der Waals surface area contributed by atoms with Gasteiger partial charge in [-0.15, -0.1) is 0 Å². The third-order valence-corrected chi connectivity index (χ3v) is 3.72. The van der Waals surface area contributed by atoms with Gasteiger partial charge in [-0.3, -0.25) is 0 Å². The summed E-state index contributed by atoms with van der Waals surface area (Å²) in [7, 11) is 0. The first-order valence-corrected chi connectivity index (χ1v) is 5.84. The highest BCUT2D eigenvalue weighted by atomic mass is 16.4. The minimum Gasteiger partial charge on any atom is -0.478 e. The van der Waals surface area contributed by atoms with Gasteiger partial charge >= 0.3 is 5.97 Å². The first kappa shape index (κ1) is 10.4. The van der Waals surface area contributed by atoms with Gasteiger partial charge in [-0.2, -0.15) is 0 Å². The quantitative estimate of drug-likeness (QED) is 0.857. The molecule has 0 aliphatic heterocycles. The first-order chi connectivity index (χ1) is 8.11. The SMILES string of the molecule is Cc1c(C)c(C(=O)O)c2occc2c1C1CC1. The number of hydrogen-bond acceptors (Lipinski definition) is 2. The molecule has 0 bridgehead atoms. The van der Waals surface area contributed by atoms with Gasteiger partial charge in [0.2, 0.25) is 0 Å². The van der Waals surface area contributed by atoms with Crippen molar-refractivity contribution in [3.05, 3.63) is 34.6 Å². The monoisotopic (exact) mass is 230 g/mol. The largest absolute Gasteiger partial charge is 0.478 e. The van der Waals surface area contributed by atoms with Crippen LogP contribution in [0, 0.1) is 13.8 Å². The molecule has 1 aromatic heterocycles. The molecule has 3 rings (SSSR count). The molecule has 0 amide bonds. The van der Waals surface area contributed by atoms with Gasteiger partial charge in [-0.1, -0.05) is 0 Å². The number of hydrogen-bond donors (Lipinski definition) is 1. The predicted molar refractivity (Wildman–Crippen MR) is 64.6 cm³/mol. The van der Waals surface area contributed by atoms with E-state index >= 15 is 0 Å². The van der Waals surface area contributed by atoms with E-state index in [1.54, 1.807) is 6.26 Å². The molecular weight excluding hydrogens is 216 g/mol. The Hall–Kier alpha value is -1.77. The second kappa shape index (κ2) is 3.36. The molecule has 17 heavy (non-hydrogen) atoms. The van der Waals surface area contributed by atoms with Crippen LogP contribution in [0.25, 0.3) is 11.0 Å². The van der Waals surface area contributed by atoms with Crippen LogP contribution in [-0.2, 0) is 0 Å². The zero-order chi connectivity index (χ0) is 12.2. The number of furan rings is 1. The molecule has 1 heterocycles. The average molecular weight is 230 g/mol. The van der Waals surface area contributed by atoms with Crippen LogP contribution in [-0.4, -0.2) is 11.1 Å². The highest BCUT2D eigenvalue weighted by Crippen LogP contribution is 2.46. The topological polar surface area (TPSA) is 50.4 Å². The molecule has 1 aliphatic rings. The predicted octanol–water partition coefficient (Wildman–Crippen LogP) is 3.63. The summed E-state index contributed by atoms with van der Waals surface area (Å²) in [6.45, 7) is 3.88. The number of aromatic carboxylic acids is 1. The van der Waals surface area contributed by atoms with Crippen LogP contribution in [0.5, 0.6) is 0 Å². The van der Waals surface area contributed by atoms with E-state index in [2.05, 4.69) is 0 Å². The van der Waals surface area contributed by atoms with E-state index in [0.29, 0.717) is 17.1 Å². The fourth-order valence-corrected chi connectivity index (χ4v) is 2.63. The molecule has 0 spiro atoms. The normalized spacial score (nSPS) is 15.4. The molecule has 1 N–H and O–H groups in total. The minimum absolute atomic E-state index is 0.312.